The van der Waals surface area contributed by atoms with Crippen LogP contribution in [-0.2, 0) is 28.5 Å². The van der Waals surface area contributed by atoms with Crippen LogP contribution in [0.1, 0.15) is 0 Å². The Balaban J connectivity index is 4.05. The van der Waals surface area contributed by atoms with E-state index in [0.29, 0.717) is 0 Å². The summed E-state index contributed by atoms with van der Waals surface area (Å²) in [6.45, 7) is 0. The van der Waals surface area contributed by atoms with E-state index in [9.17, 15) is 105 Å². The first-order chi connectivity index (χ1) is 16.8. The van der Waals surface area contributed by atoms with Gasteiger partial charge in [-0.1, -0.05) is 0 Å². The fourth-order valence-electron chi connectivity index (χ4n) is 1.88. The van der Waals surface area contributed by atoms with Crippen molar-refractivity contribution in [3.63, 3.8) is 0 Å². The summed E-state index contributed by atoms with van der Waals surface area (Å²) in [5.41, 5.74) is 0. The monoisotopic (exact) mass is 678 g/mol. The van der Waals surface area contributed by atoms with Crippen LogP contribution in [0.3, 0.4) is 0 Å². The number of hydrogen-bond acceptors (Lipinski definition) is 6. The molecule has 0 N–H and O–H groups in total. The van der Waals surface area contributed by atoms with Crippen molar-refractivity contribution in [2.45, 2.75) is 65.8 Å². The first-order valence-corrected chi connectivity index (χ1v) is 9.45. The Hall–Kier alpha value is -1.75. The second-order valence-electron chi connectivity index (χ2n) is 6.70. The maximum atomic E-state index is 14.6. The molecule has 0 bridgehead atoms. The van der Waals surface area contributed by atoms with Gasteiger partial charge in [0.2, 0.25) is 0 Å². The molecule has 1 heterocycles. The van der Waals surface area contributed by atoms with E-state index in [0.717, 1.165) is 0 Å². The van der Waals surface area contributed by atoms with Gasteiger partial charge in [-0.25, -0.2) is 4.74 Å². The lowest BCUT2D eigenvalue weighted by atomic mass is 10.3. The Morgan fingerprint density at radius 1 is 0.450 bits per heavy atom. The van der Waals surface area contributed by atoms with Gasteiger partial charge in [-0.2, -0.15) is 109 Å². The predicted octanol–water partition coefficient (Wildman–Crippen LogP) is 6.04. The predicted molar refractivity (Wildman–Crippen MR) is 67.7 cm³/mol. The molecule has 1 atom stereocenters. The summed E-state index contributed by atoms with van der Waals surface area (Å²) in [6.07, 6.45) is -47.8. The molecule has 1 saturated heterocycles. The minimum Gasteiger partial charge on any atom is -0.259 e. The van der Waals surface area contributed by atoms with E-state index in [-0.39, 0.29) is 0 Å². The van der Waals surface area contributed by atoms with Crippen LogP contribution in [0.15, 0.2) is 0 Å². The molecule has 1 unspecified atom stereocenters. The topological polar surface area (TPSA) is 71.1 Å². The van der Waals surface area contributed by atoms with Crippen molar-refractivity contribution in [1.82, 2.24) is 0 Å². The first-order valence-electron chi connectivity index (χ1n) is 8.04. The van der Waals surface area contributed by atoms with Crippen LogP contribution in [-0.4, -0.2) is 74.2 Å². The number of alkyl halides is 22. The molecule has 0 aromatic heterocycles. The molecule has 1 aliphatic rings. The molecule has 0 saturated carbocycles. The third-order valence-electron chi connectivity index (χ3n) is 3.86. The molecule has 29 heteroatoms. The van der Waals surface area contributed by atoms with Gasteiger partial charge in [0.25, 0.3) is 0 Å². The zero-order valence-electron chi connectivity index (χ0n) is 16.7. The standard InChI is InChI=1S/C11F22O6S/c12-1(13,4(18,19)20)7(27,28)36-10(33)11(40(34,35)39-10,37-8(29,30)2(14,15)5(21,22)23)38-9(31,32)3(16,17)6(24,25)26. The third-order valence-corrected chi connectivity index (χ3v) is 5.36. The molecule has 40 heavy (non-hydrogen) atoms. The average molecular weight is 678 g/mol. The molecule has 6 nitrogen and oxygen atoms in total. The zero-order valence-corrected chi connectivity index (χ0v) is 17.5. The SMILES string of the molecule is O=S1(=O)OC(F)(OC(F)(F)C(F)(F)C(F)(F)F)C1(OC(F)(F)C(F)(F)C(F)(F)F)OC(F)(F)C(F)(F)C(F)(F)F. The maximum absolute atomic E-state index is 14.6. The third kappa shape index (κ3) is 5.07. The lowest BCUT2D eigenvalue weighted by Gasteiger charge is -2.51. The van der Waals surface area contributed by atoms with E-state index in [4.69, 9.17) is 0 Å². The van der Waals surface area contributed by atoms with Crippen molar-refractivity contribution in [3.05, 3.63) is 0 Å². The Morgan fingerprint density at radius 2 is 0.675 bits per heavy atom. The average Bonchev–Trinajstić information content (AvgIpc) is 2.62. The highest BCUT2D eigenvalue weighted by molar-refractivity contribution is 7.89. The van der Waals surface area contributed by atoms with E-state index in [1.54, 1.807) is 14.2 Å². The van der Waals surface area contributed by atoms with Crippen LogP contribution in [0.5, 0.6) is 0 Å². The van der Waals surface area contributed by atoms with E-state index >= 15 is 0 Å². The Kier molecular flexibility index (Phi) is 8.05. The minimum absolute atomic E-state index is 1.65. The molecule has 0 aliphatic carbocycles. The van der Waals surface area contributed by atoms with Crippen LogP contribution in [0.4, 0.5) is 96.6 Å². The van der Waals surface area contributed by atoms with Crippen molar-refractivity contribution in [1.29, 1.82) is 0 Å². The van der Waals surface area contributed by atoms with Crippen molar-refractivity contribution in [2.75, 3.05) is 0 Å². The second kappa shape index (κ2) is 8.88. The molecular formula is C11F22O6S. The van der Waals surface area contributed by atoms with Crippen LogP contribution in [0.2, 0.25) is 0 Å². The first kappa shape index (κ1) is 36.3. The van der Waals surface area contributed by atoms with Crippen LogP contribution in [0.25, 0.3) is 0 Å². The molecule has 0 aromatic rings. The molecule has 1 rings (SSSR count). The highest BCUT2D eigenvalue weighted by Crippen LogP contribution is 2.62. The van der Waals surface area contributed by atoms with Crippen LogP contribution < -0.4 is 0 Å². The van der Waals surface area contributed by atoms with Crippen molar-refractivity contribution in [3.8, 4) is 0 Å². The molecular weight excluding hydrogens is 678 g/mol. The lowest BCUT2D eigenvalue weighted by molar-refractivity contribution is -0.582. The van der Waals surface area contributed by atoms with Crippen molar-refractivity contribution < 1.29 is 123 Å². The Morgan fingerprint density at radius 3 is 0.875 bits per heavy atom. The van der Waals surface area contributed by atoms with E-state index in [2.05, 4.69) is 4.18 Å². The fraction of sp³-hybridized carbons (Fsp3) is 1.00. The largest absolute Gasteiger partial charge is 0.462 e. The van der Waals surface area contributed by atoms with Gasteiger partial charge >= 0.3 is 75.9 Å². The van der Waals surface area contributed by atoms with Crippen LogP contribution >= 0.6 is 0 Å². The summed E-state index contributed by atoms with van der Waals surface area (Å²) in [5.74, 6) is -24.3. The fourth-order valence-corrected chi connectivity index (χ4v) is 3.09. The van der Waals surface area contributed by atoms with Gasteiger partial charge in [0, 0.05) is 0 Å². The number of hydrogen-bond donors (Lipinski definition) is 0. The molecule has 1 aliphatic heterocycles. The minimum atomic E-state index is -8.19. The molecule has 0 amide bonds. The van der Waals surface area contributed by atoms with Crippen molar-refractivity contribution >= 4 is 10.1 Å². The number of rotatable bonds is 9. The smallest absolute Gasteiger partial charge is 0.259 e. The van der Waals surface area contributed by atoms with Gasteiger partial charge in [-0.3, -0.25) is 9.47 Å². The second-order valence-corrected chi connectivity index (χ2v) is 8.32. The summed E-state index contributed by atoms with van der Waals surface area (Å²) in [6, 6.07) is -7.35. The zero-order chi connectivity index (χ0) is 32.8. The summed E-state index contributed by atoms with van der Waals surface area (Å²) in [5, 5.41) is -7.54. The maximum Gasteiger partial charge on any atom is 0.462 e. The van der Waals surface area contributed by atoms with Gasteiger partial charge in [-0.05, 0) is 0 Å². The van der Waals surface area contributed by atoms with E-state index < -0.39 is 75.9 Å². The quantitative estimate of drug-likeness (QED) is 0.168. The number of ether oxygens (including phenoxy) is 3. The lowest BCUT2D eigenvalue weighted by Crippen LogP contribution is -2.79. The highest BCUT2D eigenvalue weighted by atomic mass is 32.2. The molecule has 0 spiro atoms. The van der Waals surface area contributed by atoms with Crippen molar-refractivity contribution in [2.24, 2.45) is 0 Å². The normalized spacial score (nSPS) is 23.6. The van der Waals surface area contributed by atoms with Crippen LogP contribution in [0, 0.1) is 0 Å². The Labute approximate surface area is 200 Å². The summed E-state index contributed by atoms with van der Waals surface area (Å²) >= 11 is 0. The van der Waals surface area contributed by atoms with Gasteiger partial charge in [0.15, 0.2) is 0 Å². The molecule has 0 radical (unpaired) electrons. The summed E-state index contributed by atoms with van der Waals surface area (Å²) in [4.78, 5) is 0. The number of halogens is 22. The molecule has 1 fully saturated rings. The van der Waals surface area contributed by atoms with Gasteiger partial charge < -0.3 is 0 Å². The van der Waals surface area contributed by atoms with Gasteiger partial charge in [0.1, 0.15) is 0 Å². The van der Waals surface area contributed by atoms with E-state index in [1.807, 2.05) is 0 Å². The molecule has 0 aromatic carbocycles. The summed E-state index contributed by atoms with van der Waals surface area (Å²) < 4.78 is 314. The van der Waals surface area contributed by atoms with E-state index in [1.165, 1.54) is 0 Å². The summed E-state index contributed by atoms with van der Waals surface area (Å²) in [7, 11) is -7.99. The van der Waals surface area contributed by atoms with Gasteiger partial charge in [-0.15, -0.1) is 0 Å². The van der Waals surface area contributed by atoms with Gasteiger partial charge in [0.05, 0.1) is 0 Å². The Bertz CT molecular complexity index is 1030. The highest BCUT2D eigenvalue weighted by Gasteiger charge is 2.93. The molecule has 240 valence electrons.